The molecule has 1 heterocycles. The van der Waals surface area contributed by atoms with Crippen molar-refractivity contribution < 1.29 is 0 Å². The first kappa shape index (κ1) is 16.6. The highest BCUT2D eigenvalue weighted by Crippen LogP contribution is 2.41. The Labute approximate surface area is 151 Å². The number of nitrogens with zero attached hydrogens (tertiary/aromatic N) is 2. The Kier molecular flexibility index (Phi) is 5.29. The number of rotatable bonds is 6. The summed E-state index contributed by atoms with van der Waals surface area (Å²) >= 11 is 0. The van der Waals surface area contributed by atoms with Crippen molar-refractivity contribution in [3.05, 3.63) is 77.4 Å². The summed E-state index contributed by atoms with van der Waals surface area (Å²) in [5, 5.41) is 0. The van der Waals surface area contributed by atoms with Gasteiger partial charge in [-0.15, -0.1) is 0 Å². The number of hydrogen-bond acceptors (Lipinski definition) is 2. The van der Waals surface area contributed by atoms with Crippen molar-refractivity contribution in [3.63, 3.8) is 0 Å². The summed E-state index contributed by atoms with van der Waals surface area (Å²) in [6, 6.07) is 19.7. The molecule has 2 nitrogen and oxygen atoms in total. The maximum absolute atomic E-state index is 2.62. The summed E-state index contributed by atoms with van der Waals surface area (Å²) in [7, 11) is 0. The lowest BCUT2D eigenvalue weighted by Gasteiger charge is -2.34. The lowest BCUT2D eigenvalue weighted by atomic mass is 10.0. The molecule has 2 aromatic carbocycles. The summed E-state index contributed by atoms with van der Waals surface area (Å²) in [5.74, 6) is 0.848. The van der Waals surface area contributed by atoms with Gasteiger partial charge in [0.1, 0.15) is 0 Å². The Hall–Kier alpha value is -1.90. The Balaban J connectivity index is 1.25. The van der Waals surface area contributed by atoms with Crippen LogP contribution in [0.15, 0.2) is 60.7 Å². The summed E-state index contributed by atoms with van der Waals surface area (Å²) < 4.78 is 0. The van der Waals surface area contributed by atoms with E-state index in [2.05, 4.69) is 76.5 Å². The molecule has 0 amide bonds. The Morgan fingerprint density at radius 3 is 2.24 bits per heavy atom. The number of hydrogen-bond donors (Lipinski definition) is 0. The average molecular weight is 332 g/mol. The van der Waals surface area contributed by atoms with Crippen LogP contribution in [0.5, 0.6) is 0 Å². The highest BCUT2D eigenvalue weighted by atomic mass is 15.3. The van der Waals surface area contributed by atoms with Crippen LogP contribution in [-0.4, -0.2) is 42.5 Å². The van der Waals surface area contributed by atoms with E-state index >= 15 is 0 Å². The van der Waals surface area contributed by atoms with E-state index in [1.165, 1.54) is 44.6 Å². The zero-order chi connectivity index (χ0) is 16.9. The molecule has 1 aliphatic carbocycles. The molecule has 1 saturated heterocycles. The molecule has 0 unspecified atom stereocenters. The molecule has 1 saturated carbocycles. The first-order chi connectivity index (χ1) is 12.4. The van der Waals surface area contributed by atoms with E-state index in [-0.39, 0.29) is 0 Å². The highest BCUT2D eigenvalue weighted by Gasteiger charge is 2.26. The molecule has 0 atom stereocenters. The van der Waals surface area contributed by atoms with Crippen LogP contribution in [0.2, 0.25) is 0 Å². The summed E-state index contributed by atoms with van der Waals surface area (Å²) in [6.07, 6.45) is 7.31. The first-order valence-corrected chi connectivity index (χ1v) is 9.62. The smallest absolute Gasteiger partial charge is 0.0237 e. The van der Waals surface area contributed by atoms with Gasteiger partial charge in [0.2, 0.25) is 0 Å². The third kappa shape index (κ3) is 4.59. The van der Waals surface area contributed by atoms with Gasteiger partial charge in [0, 0.05) is 39.3 Å². The molecule has 2 aromatic rings. The fourth-order valence-corrected chi connectivity index (χ4v) is 3.74. The molecule has 2 heteroatoms. The van der Waals surface area contributed by atoms with E-state index < -0.39 is 0 Å². The van der Waals surface area contributed by atoms with Crippen molar-refractivity contribution in [1.29, 1.82) is 0 Å². The van der Waals surface area contributed by atoms with Crippen LogP contribution in [0.1, 0.15) is 35.4 Å². The Morgan fingerprint density at radius 2 is 1.48 bits per heavy atom. The molecule has 130 valence electrons. The van der Waals surface area contributed by atoms with Gasteiger partial charge in [0.15, 0.2) is 0 Å². The molecule has 0 aromatic heterocycles. The van der Waals surface area contributed by atoms with Crippen LogP contribution in [0.4, 0.5) is 0 Å². The molecule has 0 radical (unpaired) electrons. The lowest BCUT2D eigenvalue weighted by Crippen LogP contribution is -2.45. The van der Waals surface area contributed by atoms with Gasteiger partial charge in [-0.05, 0) is 35.4 Å². The second-order valence-corrected chi connectivity index (χ2v) is 7.36. The molecule has 0 N–H and O–H groups in total. The standard InChI is InChI=1S/C23H28N2/c1-2-7-20(8-3-1)9-6-14-24-15-17-25(18-16-24)19-22-10-4-5-11-23(22)21-12-13-21/h1-11,21H,12-19H2. The Morgan fingerprint density at radius 1 is 0.800 bits per heavy atom. The minimum atomic E-state index is 0.848. The van der Waals surface area contributed by atoms with Crippen molar-refractivity contribution in [2.24, 2.45) is 0 Å². The molecular formula is C23H28N2. The Bertz CT molecular complexity index is 695. The molecule has 4 rings (SSSR count). The van der Waals surface area contributed by atoms with E-state index in [0.717, 1.165) is 19.0 Å². The van der Waals surface area contributed by atoms with Crippen molar-refractivity contribution in [2.75, 3.05) is 32.7 Å². The van der Waals surface area contributed by atoms with Crippen LogP contribution in [0.3, 0.4) is 0 Å². The summed E-state index contributed by atoms with van der Waals surface area (Å²) in [5.41, 5.74) is 4.45. The van der Waals surface area contributed by atoms with Crippen LogP contribution in [-0.2, 0) is 6.54 Å². The quantitative estimate of drug-likeness (QED) is 0.774. The van der Waals surface area contributed by atoms with Crippen molar-refractivity contribution in [1.82, 2.24) is 9.80 Å². The topological polar surface area (TPSA) is 6.48 Å². The maximum atomic E-state index is 2.62. The maximum Gasteiger partial charge on any atom is 0.0237 e. The van der Waals surface area contributed by atoms with Gasteiger partial charge < -0.3 is 0 Å². The molecule has 2 aliphatic rings. The van der Waals surface area contributed by atoms with E-state index in [9.17, 15) is 0 Å². The fourth-order valence-electron chi connectivity index (χ4n) is 3.74. The van der Waals surface area contributed by atoms with E-state index in [1.807, 2.05) is 0 Å². The number of piperazine rings is 1. The van der Waals surface area contributed by atoms with Gasteiger partial charge in [-0.2, -0.15) is 0 Å². The van der Waals surface area contributed by atoms with Gasteiger partial charge in [0.05, 0.1) is 0 Å². The zero-order valence-electron chi connectivity index (χ0n) is 15.0. The molecule has 2 fully saturated rings. The second-order valence-electron chi connectivity index (χ2n) is 7.36. The van der Waals surface area contributed by atoms with E-state index in [0.29, 0.717) is 0 Å². The molecule has 25 heavy (non-hydrogen) atoms. The monoisotopic (exact) mass is 332 g/mol. The van der Waals surface area contributed by atoms with Gasteiger partial charge in [-0.3, -0.25) is 9.80 Å². The minimum Gasteiger partial charge on any atom is -0.297 e. The summed E-state index contributed by atoms with van der Waals surface area (Å²) in [6.45, 7) is 6.88. The third-order valence-corrected chi connectivity index (χ3v) is 5.40. The fraction of sp³-hybridized carbons (Fsp3) is 0.391. The van der Waals surface area contributed by atoms with Crippen LogP contribution in [0.25, 0.3) is 6.08 Å². The predicted molar refractivity (Wildman–Crippen MR) is 106 cm³/mol. The van der Waals surface area contributed by atoms with E-state index in [4.69, 9.17) is 0 Å². The zero-order valence-corrected chi connectivity index (χ0v) is 15.0. The van der Waals surface area contributed by atoms with Crippen LogP contribution in [0, 0.1) is 0 Å². The van der Waals surface area contributed by atoms with Crippen LogP contribution >= 0.6 is 0 Å². The molecule has 0 bridgehead atoms. The van der Waals surface area contributed by atoms with E-state index in [1.54, 1.807) is 11.1 Å². The molecule has 1 aliphatic heterocycles. The van der Waals surface area contributed by atoms with Crippen molar-refractivity contribution >= 4 is 6.08 Å². The SMILES string of the molecule is C(=Cc1ccccc1)CN1CCN(Cc2ccccc2C2CC2)CC1. The number of benzene rings is 2. The van der Waals surface area contributed by atoms with Crippen molar-refractivity contribution in [2.45, 2.75) is 25.3 Å². The normalized spacial score (nSPS) is 19.5. The van der Waals surface area contributed by atoms with Crippen molar-refractivity contribution in [3.8, 4) is 0 Å². The first-order valence-electron chi connectivity index (χ1n) is 9.62. The molecule has 0 spiro atoms. The van der Waals surface area contributed by atoms with Crippen LogP contribution < -0.4 is 0 Å². The van der Waals surface area contributed by atoms with Gasteiger partial charge in [-0.1, -0.05) is 66.7 Å². The molecular weight excluding hydrogens is 304 g/mol. The predicted octanol–water partition coefficient (Wildman–Crippen LogP) is 4.40. The average Bonchev–Trinajstić information content (AvgIpc) is 3.50. The van der Waals surface area contributed by atoms with Gasteiger partial charge >= 0.3 is 0 Å². The largest absolute Gasteiger partial charge is 0.297 e. The third-order valence-electron chi connectivity index (χ3n) is 5.40. The summed E-state index contributed by atoms with van der Waals surface area (Å²) in [4.78, 5) is 5.18. The second kappa shape index (κ2) is 7.99. The van der Waals surface area contributed by atoms with Gasteiger partial charge in [0.25, 0.3) is 0 Å². The van der Waals surface area contributed by atoms with Gasteiger partial charge in [-0.25, -0.2) is 0 Å². The lowest BCUT2D eigenvalue weighted by molar-refractivity contribution is 0.137. The highest BCUT2D eigenvalue weighted by molar-refractivity contribution is 5.48. The minimum absolute atomic E-state index is 0.848.